The molecule has 0 amide bonds. The van der Waals surface area contributed by atoms with Gasteiger partial charge in [-0.3, -0.25) is 0 Å². The standard InChI is InChI=1S/C8H7Cl2O2S/c1-13(11,12)5-6-4-7(9)2-3-8(6)10/h2-5H,1H3. The second-order valence-electron chi connectivity index (χ2n) is 2.61. The van der Waals surface area contributed by atoms with Crippen LogP contribution in [-0.4, -0.2) is 14.7 Å². The number of sulfone groups is 1. The maximum Gasteiger partial charge on any atom is 0.156 e. The van der Waals surface area contributed by atoms with E-state index in [1.54, 1.807) is 12.1 Å². The van der Waals surface area contributed by atoms with Crippen molar-refractivity contribution in [1.82, 2.24) is 0 Å². The van der Waals surface area contributed by atoms with Gasteiger partial charge in [0.1, 0.15) is 5.75 Å². The van der Waals surface area contributed by atoms with E-state index in [0.717, 1.165) is 12.0 Å². The van der Waals surface area contributed by atoms with Crippen LogP contribution in [0.5, 0.6) is 0 Å². The number of hydrogen-bond acceptors (Lipinski definition) is 2. The van der Waals surface area contributed by atoms with E-state index in [0.29, 0.717) is 15.6 Å². The smallest absolute Gasteiger partial charge is 0.156 e. The maximum absolute atomic E-state index is 10.9. The summed E-state index contributed by atoms with van der Waals surface area (Å²) in [7, 11) is -3.18. The van der Waals surface area contributed by atoms with Crippen molar-refractivity contribution >= 4 is 33.0 Å². The first-order valence-corrected chi connectivity index (χ1v) is 6.09. The molecule has 2 nitrogen and oxygen atoms in total. The number of halogens is 2. The molecule has 0 saturated carbocycles. The molecule has 0 spiro atoms. The van der Waals surface area contributed by atoms with Crippen LogP contribution in [0.15, 0.2) is 18.2 Å². The van der Waals surface area contributed by atoms with E-state index in [1.807, 2.05) is 0 Å². The summed E-state index contributed by atoms with van der Waals surface area (Å²) in [5, 5.41) is 0.828. The largest absolute Gasteiger partial charge is 0.228 e. The SMILES string of the molecule is CS(=O)(=O)[CH]c1cc(Cl)ccc1Cl. The van der Waals surface area contributed by atoms with Gasteiger partial charge in [-0.1, -0.05) is 23.2 Å². The van der Waals surface area contributed by atoms with Crippen LogP contribution >= 0.6 is 23.2 Å². The van der Waals surface area contributed by atoms with Crippen molar-refractivity contribution in [2.45, 2.75) is 0 Å². The van der Waals surface area contributed by atoms with Gasteiger partial charge in [-0.25, -0.2) is 8.42 Å². The first kappa shape index (κ1) is 10.8. The quantitative estimate of drug-likeness (QED) is 0.793. The summed E-state index contributed by atoms with van der Waals surface area (Å²) in [6.45, 7) is 0. The zero-order valence-corrected chi connectivity index (χ0v) is 9.12. The minimum Gasteiger partial charge on any atom is -0.228 e. The van der Waals surface area contributed by atoms with Gasteiger partial charge in [-0.2, -0.15) is 0 Å². The van der Waals surface area contributed by atoms with Gasteiger partial charge >= 0.3 is 0 Å². The molecular weight excluding hydrogens is 231 g/mol. The Bertz CT molecular complexity index is 412. The van der Waals surface area contributed by atoms with Crippen molar-refractivity contribution < 1.29 is 8.42 Å². The third-order valence-corrected chi connectivity index (χ3v) is 2.56. The fourth-order valence-electron chi connectivity index (χ4n) is 0.836. The predicted molar refractivity (Wildman–Crippen MR) is 54.7 cm³/mol. The van der Waals surface area contributed by atoms with Crippen molar-refractivity contribution in [2.75, 3.05) is 6.26 Å². The van der Waals surface area contributed by atoms with Crippen molar-refractivity contribution in [3.8, 4) is 0 Å². The van der Waals surface area contributed by atoms with Crippen LogP contribution in [0.1, 0.15) is 5.56 Å². The summed E-state index contributed by atoms with van der Waals surface area (Å²) in [6, 6.07) is 4.66. The van der Waals surface area contributed by atoms with E-state index in [-0.39, 0.29) is 0 Å². The summed E-state index contributed by atoms with van der Waals surface area (Å²) in [5.74, 6) is 1.08. The monoisotopic (exact) mass is 237 g/mol. The molecule has 0 bridgehead atoms. The molecule has 1 aromatic rings. The van der Waals surface area contributed by atoms with Crippen LogP contribution in [0.4, 0.5) is 0 Å². The molecule has 0 fully saturated rings. The highest BCUT2D eigenvalue weighted by atomic mass is 35.5. The Morgan fingerprint density at radius 3 is 2.46 bits per heavy atom. The summed E-state index contributed by atoms with van der Waals surface area (Å²) in [6.07, 6.45) is 1.10. The van der Waals surface area contributed by atoms with Gasteiger partial charge in [0.2, 0.25) is 0 Å². The molecule has 1 aromatic carbocycles. The molecule has 0 heterocycles. The van der Waals surface area contributed by atoms with E-state index in [1.165, 1.54) is 6.07 Å². The van der Waals surface area contributed by atoms with E-state index in [2.05, 4.69) is 0 Å². The molecule has 13 heavy (non-hydrogen) atoms. The van der Waals surface area contributed by atoms with E-state index in [4.69, 9.17) is 23.2 Å². The van der Waals surface area contributed by atoms with Gasteiger partial charge in [0.25, 0.3) is 0 Å². The molecule has 0 saturated heterocycles. The first-order valence-electron chi connectivity index (χ1n) is 3.38. The average Bonchev–Trinajstić information content (AvgIpc) is 1.94. The minimum atomic E-state index is -3.18. The molecule has 1 rings (SSSR count). The maximum atomic E-state index is 10.9. The third-order valence-electron chi connectivity index (χ3n) is 1.30. The minimum absolute atomic E-state index is 0.370. The average molecular weight is 238 g/mol. The third kappa shape index (κ3) is 3.55. The van der Waals surface area contributed by atoms with Crippen LogP contribution in [0.25, 0.3) is 0 Å². The second kappa shape index (κ2) is 3.86. The van der Waals surface area contributed by atoms with Gasteiger partial charge in [0.05, 0.1) is 0 Å². The van der Waals surface area contributed by atoms with Gasteiger partial charge in [0.15, 0.2) is 9.84 Å². The van der Waals surface area contributed by atoms with Gasteiger partial charge in [0, 0.05) is 16.3 Å². The van der Waals surface area contributed by atoms with Crippen LogP contribution in [0, 0.1) is 5.75 Å². The lowest BCUT2D eigenvalue weighted by Gasteiger charge is -2.01. The topological polar surface area (TPSA) is 34.1 Å². The summed E-state index contributed by atoms with van der Waals surface area (Å²) in [5.41, 5.74) is 0.414. The molecule has 0 aromatic heterocycles. The lowest BCUT2D eigenvalue weighted by molar-refractivity contribution is 0.608. The van der Waals surface area contributed by atoms with Crippen LogP contribution < -0.4 is 0 Å². The fourth-order valence-corrected chi connectivity index (χ4v) is 1.91. The molecule has 5 heteroatoms. The van der Waals surface area contributed by atoms with Crippen molar-refractivity contribution in [3.05, 3.63) is 39.6 Å². The molecular formula is C8H7Cl2O2S. The highest BCUT2D eigenvalue weighted by Crippen LogP contribution is 2.23. The molecule has 0 aliphatic carbocycles. The Morgan fingerprint density at radius 1 is 1.31 bits per heavy atom. The lowest BCUT2D eigenvalue weighted by atomic mass is 10.2. The zero-order valence-electron chi connectivity index (χ0n) is 6.79. The summed E-state index contributed by atoms with van der Waals surface area (Å²) in [4.78, 5) is 0. The first-order chi connectivity index (χ1) is 5.88. The summed E-state index contributed by atoms with van der Waals surface area (Å²) < 4.78 is 21.8. The highest BCUT2D eigenvalue weighted by molar-refractivity contribution is 7.92. The molecule has 0 atom stereocenters. The Labute approximate surface area is 87.4 Å². The van der Waals surface area contributed by atoms with Gasteiger partial charge in [-0.15, -0.1) is 0 Å². The normalized spacial score (nSPS) is 11.6. The molecule has 1 radical (unpaired) electrons. The number of hydrogen-bond donors (Lipinski definition) is 0. The molecule has 0 unspecified atom stereocenters. The Kier molecular flexibility index (Phi) is 3.22. The van der Waals surface area contributed by atoms with Crippen LogP contribution in [0.2, 0.25) is 10.0 Å². The van der Waals surface area contributed by atoms with Crippen molar-refractivity contribution in [2.24, 2.45) is 0 Å². The molecule has 0 N–H and O–H groups in total. The summed E-state index contributed by atoms with van der Waals surface area (Å²) >= 11 is 11.4. The van der Waals surface area contributed by atoms with Crippen LogP contribution in [0.3, 0.4) is 0 Å². The second-order valence-corrected chi connectivity index (χ2v) is 5.35. The van der Waals surface area contributed by atoms with E-state index < -0.39 is 9.84 Å². The molecule has 71 valence electrons. The fraction of sp³-hybridized carbons (Fsp3) is 0.125. The van der Waals surface area contributed by atoms with E-state index in [9.17, 15) is 8.42 Å². The van der Waals surface area contributed by atoms with Gasteiger partial charge in [-0.05, 0) is 23.8 Å². The lowest BCUT2D eigenvalue weighted by Crippen LogP contribution is -1.98. The molecule has 0 aliphatic rings. The zero-order chi connectivity index (χ0) is 10.1. The Hall–Kier alpha value is -0.250. The molecule has 0 aliphatic heterocycles. The van der Waals surface area contributed by atoms with Gasteiger partial charge < -0.3 is 0 Å². The highest BCUT2D eigenvalue weighted by Gasteiger charge is 2.09. The van der Waals surface area contributed by atoms with Crippen molar-refractivity contribution in [1.29, 1.82) is 0 Å². The predicted octanol–water partition coefficient (Wildman–Crippen LogP) is 2.55. The number of rotatable bonds is 2. The number of benzene rings is 1. The Morgan fingerprint density at radius 2 is 1.92 bits per heavy atom. The van der Waals surface area contributed by atoms with Crippen LogP contribution in [-0.2, 0) is 9.84 Å². The van der Waals surface area contributed by atoms with E-state index >= 15 is 0 Å². The van der Waals surface area contributed by atoms with Crippen molar-refractivity contribution in [3.63, 3.8) is 0 Å². The Balaban J connectivity index is 3.08.